The second-order valence-corrected chi connectivity index (χ2v) is 13.5. The van der Waals surface area contributed by atoms with Gasteiger partial charge in [0.25, 0.3) is 0 Å². The van der Waals surface area contributed by atoms with Crippen molar-refractivity contribution in [1.82, 2.24) is 0 Å². The molecule has 0 heterocycles. The van der Waals surface area contributed by atoms with E-state index >= 15 is 0 Å². The summed E-state index contributed by atoms with van der Waals surface area (Å²) in [5.74, 6) is -2.39. The molecule has 3 atom stereocenters. The summed E-state index contributed by atoms with van der Waals surface area (Å²) in [5, 5.41) is 8.83. The average Bonchev–Trinajstić information content (AvgIpc) is 3.02. The molecular formula is C34H64NO10P. The maximum absolute atomic E-state index is 12.5. The lowest BCUT2D eigenvalue weighted by Gasteiger charge is -2.20. The summed E-state index contributed by atoms with van der Waals surface area (Å²) in [6.45, 7) is 2.72. The maximum Gasteiger partial charge on any atom is 0.472 e. The zero-order valence-electron chi connectivity index (χ0n) is 28.7. The molecule has 270 valence electrons. The lowest BCUT2D eigenvalue weighted by molar-refractivity contribution is -0.161. The summed E-state index contributed by atoms with van der Waals surface area (Å²) < 4.78 is 32.4. The van der Waals surface area contributed by atoms with Crippen molar-refractivity contribution < 1.29 is 47.5 Å². The van der Waals surface area contributed by atoms with E-state index in [0.717, 1.165) is 57.8 Å². The van der Waals surface area contributed by atoms with Gasteiger partial charge in [-0.1, -0.05) is 116 Å². The van der Waals surface area contributed by atoms with Crippen LogP contribution < -0.4 is 5.73 Å². The first-order valence-corrected chi connectivity index (χ1v) is 19.2. The maximum atomic E-state index is 12.5. The lowest BCUT2D eigenvalue weighted by Crippen LogP contribution is -2.34. The van der Waals surface area contributed by atoms with Gasteiger partial charge in [-0.25, -0.2) is 4.57 Å². The predicted molar refractivity (Wildman–Crippen MR) is 180 cm³/mol. The first-order chi connectivity index (χ1) is 22.1. The van der Waals surface area contributed by atoms with Crippen LogP contribution in [0.2, 0.25) is 0 Å². The van der Waals surface area contributed by atoms with E-state index in [4.69, 9.17) is 24.8 Å². The summed E-state index contributed by atoms with van der Waals surface area (Å²) in [7, 11) is -4.70. The van der Waals surface area contributed by atoms with Crippen molar-refractivity contribution in [3.05, 3.63) is 12.2 Å². The number of aliphatic carboxylic acids is 1. The summed E-state index contributed by atoms with van der Waals surface area (Å²) in [6.07, 6.45) is 25.8. The third-order valence-corrected chi connectivity index (χ3v) is 8.46. The Bertz CT molecular complexity index is 854. The van der Waals surface area contributed by atoms with Crippen LogP contribution in [0.3, 0.4) is 0 Å². The fourth-order valence-electron chi connectivity index (χ4n) is 4.65. The number of hydrogen-bond acceptors (Lipinski definition) is 9. The van der Waals surface area contributed by atoms with E-state index in [9.17, 15) is 23.8 Å². The first kappa shape index (κ1) is 44.2. The van der Waals surface area contributed by atoms with Crippen LogP contribution in [0.25, 0.3) is 0 Å². The van der Waals surface area contributed by atoms with Gasteiger partial charge in [-0.05, 0) is 38.5 Å². The highest BCUT2D eigenvalue weighted by atomic mass is 31.2. The smallest absolute Gasteiger partial charge is 0.472 e. The van der Waals surface area contributed by atoms with Gasteiger partial charge in [0.1, 0.15) is 12.6 Å². The third-order valence-electron chi connectivity index (χ3n) is 7.51. The fraction of sp³-hybridized carbons (Fsp3) is 0.853. The summed E-state index contributed by atoms with van der Waals surface area (Å²) in [5.41, 5.74) is 5.30. The van der Waals surface area contributed by atoms with Crippen LogP contribution in [0.15, 0.2) is 12.2 Å². The molecule has 0 aliphatic rings. The zero-order chi connectivity index (χ0) is 34.3. The number of carbonyl (C=O) groups excluding carboxylic acids is 2. The minimum atomic E-state index is -4.70. The molecule has 0 bridgehead atoms. The highest BCUT2D eigenvalue weighted by Gasteiger charge is 2.28. The van der Waals surface area contributed by atoms with Crippen molar-refractivity contribution >= 4 is 25.7 Å². The van der Waals surface area contributed by atoms with Gasteiger partial charge in [-0.2, -0.15) is 0 Å². The number of unbranched alkanes of at least 4 members (excludes halogenated alkanes) is 17. The van der Waals surface area contributed by atoms with Crippen LogP contribution in [-0.2, 0) is 37.5 Å². The van der Waals surface area contributed by atoms with Crippen molar-refractivity contribution in [2.24, 2.45) is 5.73 Å². The van der Waals surface area contributed by atoms with E-state index in [0.29, 0.717) is 12.8 Å². The van der Waals surface area contributed by atoms with Crippen molar-refractivity contribution in [3.8, 4) is 0 Å². The largest absolute Gasteiger partial charge is 0.480 e. The number of nitrogens with two attached hydrogens (primary N) is 1. The Morgan fingerprint density at radius 1 is 0.652 bits per heavy atom. The molecule has 0 aromatic rings. The standard InChI is InChI=1S/C34H64NO10P/c1-3-5-7-9-11-13-15-16-18-19-21-23-25-32(36)42-27-30(28-43-46(40,41)44-29-31(35)34(38)39)45-33(37)26-24-22-20-17-14-12-10-8-6-4-2/h11,13,30-31H,3-10,12,14-29,35H2,1-2H3,(H,38,39)(H,40,41)/b13-11-/t30-,31+/m1/s1. The fourth-order valence-corrected chi connectivity index (χ4v) is 5.42. The van der Waals surface area contributed by atoms with Crippen LogP contribution in [0, 0.1) is 0 Å². The number of allylic oxidation sites excluding steroid dienone is 2. The highest BCUT2D eigenvalue weighted by molar-refractivity contribution is 7.47. The van der Waals surface area contributed by atoms with Crippen molar-refractivity contribution in [1.29, 1.82) is 0 Å². The number of carbonyl (C=O) groups is 3. The molecule has 0 aliphatic carbocycles. The zero-order valence-corrected chi connectivity index (χ0v) is 29.6. The van der Waals surface area contributed by atoms with E-state index in [1.54, 1.807) is 0 Å². The lowest BCUT2D eigenvalue weighted by atomic mass is 10.1. The molecule has 0 aromatic carbocycles. The van der Waals surface area contributed by atoms with Gasteiger partial charge in [0.15, 0.2) is 6.10 Å². The Labute approximate surface area is 278 Å². The number of hydrogen-bond donors (Lipinski definition) is 3. The molecule has 0 aromatic heterocycles. The molecule has 1 unspecified atom stereocenters. The molecule has 0 saturated carbocycles. The van der Waals surface area contributed by atoms with Gasteiger partial charge in [-0.15, -0.1) is 0 Å². The Morgan fingerprint density at radius 2 is 1.09 bits per heavy atom. The van der Waals surface area contributed by atoms with Crippen LogP contribution >= 0.6 is 7.82 Å². The second kappa shape index (κ2) is 30.5. The Kier molecular flexibility index (Phi) is 29.4. The van der Waals surface area contributed by atoms with Crippen LogP contribution in [0.1, 0.15) is 155 Å². The second-order valence-electron chi connectivity index (χ2n) is 12.0. The molecule has 0 radical (unpaired) electrons. The van der Waals surface area contributed by atoms with E-state index in [-0.39, 0.29) is 19.4 Å². The summed E-state index contributed by atoms with van der Waals surface area (Å²) >= 11 is 0. The number of rotatable bonds is 33. The molecule has 4 N–H and O–H groups in total. The normalized spacial score (nSPS) is 14.2. The van der Waals surface area contributed by atoms with Crippen LogP contribution in [0.4, 0.5) is 0 Å². The predicted octanol–water partition coefficient (Wildman–Crippen LogP) is 8.17. The Morgan fingerprint density at radius 3 is 1.63 bits per heavy atom. The number of phosphoric acid groups is 1. The minimum Gasteiger partial charge on any atom is -0.480 e. The topological polar surface area (TPSA) is 172 Å². The molecular weight excluding hydrogens is 613 g/mol. The molecule has 0 amide bonds. The summed E-state index contributed by atoms with van der Waals surface area (Å²) in [4.78, 5) is 45.5. The van der Waals surface area contributed by atoms with Crippen LogP contribution in [-0.4, -0.2) is 59.9 Å². The quantitative estimate of drug-likeness (QED) is 0.0265. The van der Waals surface area contributed by atoms with Crippen LogP contribution in [0.5, 0.6) is 0 Å². The van der Waals surface area contributed by atoms with Gasteiger partial charge in [0.05, 0.1) is 13.2 Å². The molecule has 0 saturated heterocycles. The molecule has 46 heavy (non-hydrogen) atoms. The Hall–Kier alpha value is -1.78. The van der Waals surface area contributed by atoms with E-state index in [2.05, 4.69) is 30.5 Å². The minimum absolute atomic E-state index is 0.163. The molecule has 0 rings (SSSR count). The van der Waals surface area contributed by atoms with Crippen molar-refractivity contribution in [2.45, 2.75) is 167 Å². The molecule has 0 spiro atoms. The molecule has 0 fully saturated rings. The van der Waals surface area contributed by atoms with Gasteiger partial charge in [-0.3, -0.25) is 23.4 Å². The van der Waals surface area contributed by atoms with E-state index in [1.165, 1.54) is 57.8 Å². The van der Waals surface area contributed by atoms with Crippen molar-refractivity contribution in [3.63, 3.8) is 0 Å². The number of esters is 2. The first-order valence-electron chi connectivity index (χ1n) is 17.7. The molecule has 11 nitrogen and oxygen atoms in total. The Balaban J connectivity index is 4.49. The number of carboxylic acid groups (broad SMARTS) is 1. The number of ether oxygens (including phenoxy) is 2. The van der Waals surface area contributed by atoms with E-state index < -0.39 is 51.1 Å². The van der Waals surface area contributed by atoms with Gasteiger partial charge in [0.2, 0.25) is 0 Å². The van der Waals surface area contributed by atoms with E-state index in [1.807, 2.05) is 0 Å². The van der Waals surface area contributed by atoms with Gasteiger partial charge in [0, 0.05) is 12.8 Å². The SMILES string of the molecule is CCCCC/C=C\CCCCCCCC(=O)OC[C@H](COP(=O)(O)OC[C@H](N)C(=O)O)OC(=O)CCCCCCCCCCCC. The van der Waals surface area contributed by atoms with Crippen molar-refractivity contribution in [2.75, 3.05) is 19.8 Å². The monoisotopic (exact) mass is 677 g/mol. The molecule has 0 aliphatic heterocycles. The third kappa shape index (κ3) is 29.6. The summed E-state index contributed by atoms with van der Waals surface area (Å²) in [6, 6.07) is -1.52. The average molecular weight is 678 g/mol. The number of carboxylic acids is 1. The highest BCUT2D eigenvalue weighted by Crippen LogP contribution is 2.43. The van der Waals surface area contributed by atoms with Gasteiger partial charge < -0.3 is 25.2 Å². The number of phosphoric ester groups is 1. The van der Waals surface area contributed by atoms with Gasteiger partial charge >= 0.3 is 25.7 Å². The molecule has 12 heteroatoms.